The number of imidazole rings is 1. The third-order valence-electron chi connectivity index (χ3n) is 12.5. The quantitative estimate of drug-likeness (QED) is 0.259. The molecule has 1 aromatic heterocycles. The van der Waals surface area contributed by atoms with E-state index in [1.165, 1.54) is 30.7 Å². The number of fused-ring (bicyclic) bond motifs is 1. The van der Waals surface area contributed by atoms with Gasteiger partial charge in [0.25, 0.3) is 0 Å². The van der Waals surface area contributed by atoms with E-state index in [9.17, 15) is 18.4 Å². The standard InChI is InChI=1S/C39H45F2N5O6/c1-37(2)35-44-33(25-5-7-28(40)8-6-25)34(43-30-11-9-29(41)10-12-30)45(35)14-15-46(37)32(47)22-42-36(48)49-31-4-3-13-38(21-31)50-39(52-51-38)26-17-23-16-24(19-26)20-27(39)18-23/h5-12,23-24,26-27,31,43H,3-4,13-22H2,1-2H3,(H,42,48)/t23?,24?,26?,27?,31?,38-,39?/m1/s1. The molecule has 7 aliphatic rings. The third kappa shape index (κ3) is 5.75. The molecular formula is C39H45F2N5O6. The summed E-state index contributed by atoms with van der Waals surface area (Å²) in [6, 6.07) is 12.0. The summed E-state index contributed by atoms with van der Waals surface area (Å²) in [5.74, 6) is 0.880. The van der Waals surface area contributed by atoms with Crippen molar-refractivity contribution in [2.75, 3.05) is 18.4 Å². The average molecular weight is 718 g/mol. The molecule has 2 spiro atoms. The van der Waals surface area contributed by atoms with Crippen LogP contribution in [0.4, 0.5) is 25.1 Å². The molecule has 1 unspecified atom stereocenters. The number of alkyl carbamates (subject to hydrolysis) is 1. The molecule has 5 aliphatic carbocycles. The fraction of sp³-hybridized carbons (Fsp3) is 0.564. The zero-order chi connectivity index (χ0) is 35.8. The number of hydrogen-bond acceptors (Lipinski definition) is 8. The van der Waals surface area contributed by atoms with Crippen LogP contribution in [0.15, 0.2) is 48.5 Å². The lowest BCUT2D eigenvalue weighted by molar-refractivity contribution is -0.390. The fourth-order valence-electron chi connectivity index (χ4n) is 10.2. The number of halogens is 2. The summed E-state index contributed by atoms with van der Waals surface area (Å²) >= 11 is 0. The van der Waals surface area contributed by atoms with Gasteiger partial charge in [-0.25, -0.2) is 18.6 Å². The Morgan fingerprint density at radius 1 is 0.923 bits per heavy atom. The van der Waals surface area contributed by atoms with E-state index in [1.54, 1.807) is 29.2 Å². The minimum atomic E-state index is -0.925. The van der Waals surface area contributed by atoms with Gasteiger partial charge in [-0.05, 0) is 119 Å². The fourth-order valence-corrected chi connectivity index (χ4v) is 10.2. The van der Waals surface area contributed by atoms with Gasteiger partial charge < -0.3 is 29.6 Å². The SMILES string of the molecule is CC1(C)c2nc(-c3ccc(F)cc3)c(Nc3ccc(F)cc3)n2CCN1C(=O)CNC(=O)OC1CCC[C@]2(C1)OOC1(O2)C2CC3CC(C2)CC1C3. The van der Waals surface area contributed by atoms with E-state index in [-0.39, 0.29) is 24.1 Å². The monoisotopic (exact) mass is 717 g/mol. The van der Waals surface area contributed by atoms with Gasteiger partial charge in [0, 0.05) is 49.0 Å². The normalized spacial score (nSPS) is 32.6. The summed E-state index contributed by atoms with van der Waals surface area (Å²) in [6.07, 6.45) is 7.25. The van der Waals surface area contributed by atoms with Crippen molar-refractivity contribution >= 4 is 23.5 Å². The van der Waals surface area contributed by atoms with Crippen LogP contribution in [0.3, 0.4) is 0 Å². The van der Waals surface area contributed by atoms with Gasteiger partial charge in [0.1, 0.15) is 41.6 Å². The van der Waals surface area contributed by atoms with Crippen molar-refractivity contribution in [3.63, 3.8) is 0 Å². The molecule has 2 aromatic carbocycles. The van der Waals surface area contributed by atoms with E-state index in [0.29, 0.717) is 72.8 Å². The smallest absolute Gasteiger partial charge is 0.407 e. The second-order valence-electron chi connectivity index (χ2n) is 16.2. The second kappa shape index (κ2) is 12.5. The number of hydrogen-bond donors (Lipinski definition) is 2. The minimum absolute atomic E-state index is 0.253. The van der Waals surface area contributed by atoms with Gasteiger partial charge in [0.05, 0.1) is 5.54 Å². The van der Waals surface area contributed by atoms with E-state index < -0.39 is 29.3 Å². The molecule has 3 aromatic rings. The number of carbonyl (C=O) groups is 2. The summed E-state index contributed by atoms with van der Waals surface area (Å²) in [5.41, 5.74) is 1.03. The highest BCUT2D eigenvalue weighted by Crippen LogP contribution is 2.63. The highest BCUT2D eigenvalue weighted by molar-refractivity contribution is 5.83. The van der Waals surface area contributed by atoms with E-state index in [4.69, 9.17) is 24.2 Å². The van der Waals surface area contributed by atoms with Crippen molar-refractivity contribution in [1.29, 1.82) is 0 Å². The molecule has 4 bridgehead atoms. The average Bonchev–Trinajstić information content (AvgIpc) is 3.67. The van der Waals surface area contributed by atoms with E-state index in [1.807, 2.05) is 18.4 Å². The maximum Gasteiger partial charge on any atom is 0.407 e. The number of nitrogens with zero attached hydrogens (tertiary/aromatic N) is 3. The first kappa shape index (κ1) is 33.7. The molecule has 2 atom stereocenters. The third-order valence-corrected chi connectivity index (χ3v) is 12.5. The highest BCUT2D eigenvalue weighted by Gasteiger charge is 2.67. The maximum atomic E-state index is 13.9. The van der Waals surface area contributed by atoms with Gasteiger partial charge in [0.15, 0.2) is 0 Å². The van der Waals surface area contributed by atoms with Gasteiger partial charge in [0.2, 0.25) is 17.5 Å². The molecule has 276 valence electrons. The van der Waals surface area contributed by atoms with Crippen LogP contribution in [-0.2, 0) is 36.1 Å². The number of rotatable bonds is 6. The number of benzene rings is 2. The predicted octanol–water partition coefficient (Wildman–Crippen LogP) is 7.15. The molecule has 6 fully saturated rings. The Balaban J connectivity index is 0.855. The summed E-state index contributed by atoms with van der Waals surface area (Å²) in [4.78, 5) is 45.7. The Bertz CT molecular complexity index is 1840. The van der Waals surface area contributed by atoms with Gasteiger partial charge in [-0.3, -0.25) is 4.79 Å². The summed E-state index contributed by atoms with van der Waals surface area (Å²) in [6.45, 7) is 4.30. The first-order valence-electron chi connectivity index (χ1n) is 18.7. The molecule has 1 saturated heterocycles. The molecule has 2 N–H and O–H groups in total. The zero-order valence-corrected chi connectivity index (χ0v) is 29.5. The largest absolute Gasteiger partial charge is 0.446 e. The van der Waals surface area contributed by atoms with Crippen LogP contribution in [0.5, 0.6) is 0 Å². The van der Waals surface area contributed by atoms with Gasteiger partial charge in [-0.2, -0.15) is 9.78 Å². The Hall–Kier alpha value is -4.07. The molecule has 2 aliphatic heterocycles. The molecular weight excluding hydrogens is 672 g/mol. The van der Waals surface area contributed by atoms with E-state index in [2.05, 4.69) is 10.6 Å². The molecule has 5 saturated carbocycles. The summed E-state index contributed by atoms with van der Waals surface area (Å²) in [5, 5.41) is 6.05. The lowest BCUT2D eigenvalue weighted by atomic mass is 9.53. The Morgan fingerprint density at radius 2 is 1.60 bits per heavy atom. The van der Waals surface area contributed by atoms with Crippen molar-refractivity contribution in [3.8, 4) is 11.3 Å². The molecule has 3 heterocycles. The van der Waals surface area contributed by atoms with Gasteiger partial charge >= 0.3 is 6.09 Å². The van der Waals surface area contributed by atoms with E-state index in [0.717, 1.165) is 43.9 Å². The Morgan fingerprint density at radius 3 is 2.29 bits per heavy atom. The van der Waals surface area contributed by atoms with Crippen molar-refractivity contribution in [2.45, 2.75) is 101 Å². The molecule has 52 heavy (non-hydrogen) atoms. The Kier molecular flexibility index (Phi) is 8.12. The number of amides is 2. The first-order valence-corrected chi connectivity index (χ1v) is 18.7. The summed E-state index contributed by atoms with van der Waals surface area (Å²) < 4.78 is 42.2. The minimum Gasteiger partial charge on any atom is -0.446 e. The second-order valence-corrected chi connectivity index (χ2v) is 16.2. The van der Waals surface area contributed by atoms with Crippen LogP contribution in [0.25, 0.3) is 11.3 Å². The van der Waals surface area contributed by atoms with Crippen LogP contribution in [0.1, 0.15) is 77.5 Å². The predicted molar refractivity (Wildman–Crippen MR) is 185 cm³/mol. The number of aromatic nitrogens is 2. The van der Waals surface area contributed by atoms with Crippen molar-refractivity contribution in [2.24, 2.45) is 23.7 Å². The highest BCUT2D eigenvalue weighted by atomic mass is 19.1. The lowest BCUT2D eigenvalue weighted by Gasteiger charge is -2.57. The van der Waals surface area contributed by atoms with Crippen molar-refractivity contribution < 1.29 is 37.6 Å². The Labute approximate surface area is 301 Å². The topological polar surface area (TPSA) is 116 Å². The molecule has 0 radical (unpaired) electrons. The number of ether oxygens (including phenoxy) is 2. The van der Waals surface area contributed by atoms with Crippen LogP contribution in [-0.4, -0.2) is 57.2 Å². The summed E-state index contributed by atoms with van der Waals surface area (Å²) in [7, 11) is 0. The molecule has 10 rings (SSSR count). The first-order chi connectivity index (χ1) is 25.0. The maximum absolute atomic E-state index is 13.9. The van der Waals surface area contributed by atoms with Crippen LogP contribution in [0, 0.1) is 35.3 Å². The van der Waals surface area contributed by atoms with Crippen LogP contribution in [0.2, 0.25) is 0 Å². The lowest BCUT2D eigenvalue weighted by Crippen LogP contribution is -2.59. The van der Waals surface area contributed by atoms with Crippen molar-refractivity contribution in [1.82, 2.24) is 19.8 Å². The van der Waals surface area contributed by atoms with Crippen LogP contribution >= 0.6 is 0 Å². The zero-order valence-electron chi connectivity index (χ0n) is 29.5. The molecule has 11 nitrogen and oxygen atoms in total. The number of nitrogens with one attached hydrogen (secondary N) is 2. The molecule has 2 amide bonds. The van der Waals surface area contributed by atoms with Crippen LogP contribution < -0.4 is 10.6 Å². The van der Waals surface area contributed by atoms with Gasteiger partial charge in [-0.1, -0.05) is 0 Å². The number of carbonyl (C=O) groups excluding carboxylic acids is 2. The molecule has 13 heteroatoms. The van der Waals surface area contributed by atoms with Gasteiger partial charge in [-0.15, -0.1) is 0 Å². The van der Waals surface area contributed by atoms with E-state index >= 15 is 0 Å². The number of anilines is 2. The van der Waals surface area contributed by atoms with Crippen molar-refractivity contribution in [3.05, 3.63) is 66.0 Å².